The van der Waals surface area contributed by atoms with Gasteiger partial charge < -0.3 is 0 Å². The van der Waals surface area contributed by atoms with Gasteiger partial charge in [0, 0.05) is 16.2 Å². The van der Waals surface area contributed by atoms with E-state index in [9.17, 15) is 0 Å². The van der Waals surface area contributed by atoms with Crippen LogP contribution in [0.5, 0.6) is 0 Å². The molecule has 0 aromatic heterocycles. The second kappa shape index (κ2) is 22.3. The summed E-state index contributed by atoms with van der Waals surface area (Å²) in [6.45, 7) is 14.3. The second-order valence-corrected chi connectivity index (χ2v) is 28.6. The molecular formula is C97H72. The molecule has 0 unspecified atom stereocenters. The fraction of sp³-hybridized carbons (Fsp3) is 0.0928. The number of fused-ring (bicyclic) bond motifs is 13. The molecule has 0 aliphatic heterocycles. The Kier molecular flexibility index (Phi) is 13.4. The van der Waals surface area contributed by atoms with Crippen LogP contribution in [0, 0.1) is 0 Å². The van der Waals surface area contributed by atoms with Crippen LogP contribution in [0.15, 0.2) is 328 Å². The Morgan fingerprint density at radius 3 is 0.794 bits per heavy atom. The highest BCUT2D eigenvalue weighted by Crippen LogP contribution is 2.56. The van der Waals surface area contributed by atoms with Crippen molar-refractivity contribution in [2.75, 3.05) is 0 Å². The maximum Gasteiger partial charge on any atom is 0.0159 e. The predicted molar refractivity (Wildman–Crippen MR) is 414 cm³/mol. The van der Waals surface area contributed by atoms with E-state index in [1.165, 1.54) is 188 Å². The van der Waals surface area contributed by atoms with Crippen LogP contribution in [0.4, 0.5) is 0 Å². The van der Waals surface area contributed by atoms with E-state index >= 15 is 0 Å². The van der Waals surface area contributed by atoms with Crippen molar-refractivity contribution in [3.8, 4) is 111 Å². The zero-order valence-corrected chi connectivity index (χ0v) is 55.7. The summed E-state index contributed by atoms with van der Waals surface area (Å²) in [5, 5.41) is 10.2. The Morgan fingerprint density at radius 1 is 0.144 bits per heavy atom. The van der Waals surface area contributed by atoms with Gasteiger partial charge in [0.2, 0.25) is 0 Å². The van der Waals surface area contributed by atoms with Crippen LogP contribution in [0.1, 0.15) is 74.9 Å². The fourth-order valence-electron chi connectivity index (χ4n) is 17.3. The van der Waals surface area contributed by atoms with Gasteiger partial charge in [0.1, 0.15) is 0 Å². The SMILES string of the molecule is CC1(C)c2ccccc2-c2ccc(-c3ccc4c(-c5ccc6c(c5)C(C)(C)c5ccccc5-6)c5ccccc5c(-c5ccc6c(c5)C(C)(C)c5ccccc5-6)c4c3)cc21.c1ccc(-c2ccc(-c3c4ccccc4c(-c4ccccc4)c4ccc(-c5ccccc5)cc34)cc2)cc1. The van der Waals surface area contributed by atoms with Crippen molar-refractivity contribution in [1.82, 2.24) is 0 Å². The normalized spacial score (nSPS) is 13.9. The Labute approximate surface area is 569 Å². The Hall–Kier alpha value is -11.4. The molecule has 0 heteroatoms. The molecule has 97 heavy (non-hydrogen) atoms. The minimum atomic E-state index is -0.0950. The van der Waals surface area contributed by atoms with Gasteiger partial charge in [-0.25, -0.2) is 0 Å². The number of benzene rings is 16. The molecule has 19 rings (SSSR count). The van der Waals surface area contributed by atoms with Gasteiger partial charge in [-0.15, -0.1) is 0 Å². The molecule has 3 aliphatic rings. The molecule has 16 aromatic carbocycles. The standard InChI is InChI=1S/C59H46.C38H26/c1-57(2)49-20-12-9-15-39(49)42-27-23-36(32-52(42)57)35-24-30-47-48(31-35)56(38-26-29-44-41-17-11-14-22-51(41)59(5,6)54(44)34-38)46-19-8-7-18-45(46)55(47)37-25-28-43-40-16-10-13-21-50(40)58(3,4)53(43)33-37;1-4-12-27(13-5-1)29-20-22-31(23-21-29)38-34-19-11-10-18-33(34)37(30-16-8-3-9-17-30)35-25-24-32(26-36(35)38)28-14-6-2-7-15-28/h7-34H,1-6H3;1-26H. The molecule has 0 heterocycles. The van der Waals surface area contributed by atoms with E-state index in [0.29, 0.717) is 0 Å². The average Bonchev–Trinajstić information content (AvgIpc) is 1.68. The summed E-state index contributed by atoms with van der Waals surface area (Å²) in [7, 11) is 0. The van der Waals surface area contributed by atoms with Crippen molar-refractivity contribution < 1.29 is 0 Å². The maximum atomic E-state index is 2.51. The molecule has 0 saturated carbocycles. The van der Waals surface area contributed by atoms with Crippen molar-refractivity contribution in [1.29, 1.82) is 0 Å². The Bertz CT molecular complexity index is 5860. The van der Waals surface area contributed by atoms with Gasteiger partial charge in [-0.05, 0) is 218 Å². The first-order chi connectivity index (χ1) is 47.4. The van der Waals surface area contributed by atoms with Crippen LogP contribution < -0.4 is 0 Å². The van der Waals surface area contributed by atoms with Crippen LogP contribution in [-0.2, 0) is 16.2 Å². The average molecular weight is 1240 g/mol. The number of rotatable bonds is 7. The molecule has 0 saturated heterocycles. The van der Waals surface area contributed by atoms with Crippen LogP contribution in [-0.4, -0.2) is 0 Å². The molecular weight excluding hydrogens is 1170 g/mol. The largest absolute Gasteiger partial charge is 0.0622 e. The minimum absolute atomic E-state index is 0.0664. The van der Waals surface area contributed by atoms with E-state index in [0.717, 1.165) is 0 Å². The van der Waals surface area contributed by atoms with Crippen LogP contribution in [0.25, 0.3) is 154 Å². The zero-order chi connectivity index (χ0) is 65.3. The molecule has 460 valence electrons. The highest BCUT2D eigenvalue weighted by atomic mass is 14.4. The fourth-order valence-corrected chi connectivity index (χ4v) is 17.3. The molecule has 0 spiro atoms. The third-order valence-corrected chi connectivity index (χ3v) is 22.2. The van der Waals surface area contributed by atoms with E-state index in [2.05, 4.69) is 369 Å². The van der Waals surface area contributed by atoms with E-state index in [4.69, 9.17) is 0 Å². The summed E-state index contributed by atoms with van der Waals surface area (Å²) in [4.78, 5) is 0. The van der Waals surface area contributed by atoms with Gasteiger partial charge in [0.25, 0.3) is 0 Å². The molecule has 16 aromatic rings. The highest BCUT2D eigenvalue weighted by Gasteiger charge is 2.39. The molecule has 0 atom stereocenters. The van der Waals surface area contributed by atoms with Gasteiger partial charge in [0.05, 0.1) is 0 Å². The molecule has 0 fully saturated rings. The monoisotopic (exact) mass is 1240 g/mol. The van der Waals surface area contributed by atoms with Crippen LogP contribution in [0.3, 0.4) is 0 Å². The van der Waals surface area contributed by atoms with Gasteiger partial charge in [-0.1, -0.05) is 339 Å². The third-order valence-electron chi connectivity index (χ3n) is 22.2. The smallest absolute Gasteiger partial charge is 0.0159 e. The van der Waals surface area contributed by atoms with Gasteiger partial charge >= 0.3 is 0 Å². The molecule has 0 amide bonds. The summed E-state index contributed by atoms with van der Waals surface area (Å²) >= 11 is 0. The third kappa shape index (κ3) is 9.18. The predicted octanol–water partition coefficient (Wildman–Crippen LogP) is 26.6. The first-order valence-corrected chi connectivity index (χ1v) is 34.4. The second-order valence-electron chi connectivity index (χ2n) is 28.6. The maximum absolute atomic E-state index is 2.51. The lowest BCUT2D eigenvalue weighted by molar-refractivity contribution is 0.660. The Morgan fingerprint density at radius 2 is 0.371 bits per heavy atom. The van der Waals surface area contributed by atoms with Crippen molar-refractivity contribution in [3.05, 3.63) is 361 Å². The quantitative estimate of drug-likeness (QED) is 0.140. The summed E-state index contributed by atoms with van der Waals surface area (Å²) in [6, 6.07) is 122. The highest BCUT2D eigenvalue weighted by molar-refractivity contribution is 6.24. The minimum Gasteiger partial charge on any atom is -0.0622 e. The van der Waals surface area contributed by atoms with Crippen molar-refractivity contribution >= 4 is 43.1 Å². The summed E-state index contributed by atoms with van der Waals surface area (Å²) < 4.78 is 0. The molecule has 0 radical (unpaired) electrons. The Balaban J connectivity index is 0.000000155. The van der Waals surface area contributed by atoms with E-state index < -0.39 is 0 Å². The topological polar surface area (TPSA) is 0 Å². The van der Waals surface area contributed by atoms with Gasteiger partial charge in [-0.3, -0.25) is 0 Å². The molecule has 0 bridgehead atoms. The molecule has 3 aliphatic carbocycles. The van der Waals surface area contributed by atoms with Gasteiger partial charge in [0.15, 0.2) is 0 Å². The van der Waals surface area contributed by atoms with Crippen molar-refractivity contribution in [2.45, 2.75) is 57.8 Å². The number of hydrogen-bond acceptors (Lipinski definition) is 0. The van der Waals surface area contributed by atoms with Crippen molar-refractivity contribution in [3.63, 3.8) is 0 Å². The first kappa shape index (κ1) is 58.2. The lowest BCUT2D eigenvalue weighted by Gasteiger charge is -2.24. The molecule has 0 N–H and O–H groups in total. The van der Waals surface area contributed by atoms with E-state index in [-0.39, 0.29) is 16.2 Å². The van der Waals surface area contributed by atoms with Gasteiger partial charge in [-0.2, -0.15) is 0 Å². The lowest BCUT2D eigenvalue weighted by atomic mass is 9.79. The van der Waals surface area contributed by atoms with Crippen LogP contribution in [0.2, 0.25) is 0 Å². The number of hydrogen-bond donors (Lipinski definition) is 0. The zero-order valence-electron chi connectivity index (χ0n) is 55.7. The molecule has 0 nitrogen and oxygen atoms in total. The van der Waals surface area contributed by atoms with Crippen LogP contribution >= 0.6 is 0 Å². The lowest BCUT2D eigenvalue weighted by Crippen LogP contribution is -2.15. The van der Waals surface area contributed by atoms with E-state index in [1.54, 1.807) is 0 Å². The first-order valence-electron chi connectivity index (χ1n) is 34.4. The van der Waals surface area contributed by atoms with E-state index in [1.807, 2.05) is 0 Å². The summed E-state index contributed by atoms with van der Waals surface area (Å²) in [5.74, 6) is 0. The summed E-state index contributed by atoms with van der Waals surface area (Å²) in [6.07, 6.45) is 0. The summed E-state index contributed by atoms with van der Waals surface area (Å²) in [5.41, 5.74) is 33.9. The van der Waals surface area contributed by atoms with Crippen molar-refractivity contribution in [2.24, 2.45) is 0 Å².